The minimum atomic E-state index is -0.740. The average Bonchev–Trinajstić information content (AvgIpc) is 3.37. The van der Waals surface area contributed by atoms with E-state index < -0.39 is 17.8 Å². The molecule has 3 aromatic rings. The SMILES string of the molecule is CN(C(=O)OC(C)(C)C)c1cc(Nc2cccn([C@@H]3CCCOC3)c2=O)nc2c(C(=O)NC3CCC[C@@H](O)C3)cnn12. The zero-order chi connectivity index (χ0) is 30.0. The molecule has 0 bridgehead atoms. The van der Waals surface area contributed by atoms with Crippen LogP contribution in [0.15, 0.2) is 35.4 Å². The van der Waals surface area contributed by atoms with Crippen molar-refractivity contribution in [2.45, 2.75) is 83.1 Å². The number of rotatable bonds is 6. The maximum atomic E-state index is 13.4. The normalized spacial score (nSPS) is 21.1. The van der Waals surface area contributed by atoms with Crippen LogP contribution in [0.5, 0.6) is 0 Å². The number of amides is 2. The second-order valence-electron chi connectivity index (χ2n) is 12.0. The fraction of sp³-hybridized carbons (Fsp3) is 0.552. The first-order chi connectivity index (χ1) is 20.0. The maximum absolute atomic E-state index is 13.4. The molecule has 13 nitrogen and oxygen atoms in total. The molecule has 13 heteroatoms. The number of aromatic nitrogens is 4. The minimum Gasteiger partial charge on any atom is -0.443 e. The van der Waals surface area contributed by atoms with Crippen molar-refractivity contribution in [2.24, 2.45) is 0 Å². The van der Waals surface area contributed by atoms with Crippen LogP contribution in [0.25, 0.3) is 5.65 Å². The monoisotopic (exact) mass is 581 g/mol. The molecular formula is C29H39N7O6. The van der Waals surface area contributed by atoms with Crippen molar-refractivity contribution in [1.29, 1.82) is 0 Å². The van der Waals surface area contributed by atoms with Crippen molar-refractivity contribution in [3.05, 3.63) is 46.5 Å². The molecule has 1 aliphatic carbocycles. The third-order valence-corrected chi connectivity index (χ3v) is 7.46. The molecular weight excluding hydrogens is 542 g/mol. The third kappa shape index (κ3) is 6.57. The maximum Gasteiger partial charge on any atom is 0.415 e. The van der Waals surface area contributed by atoms with Gasteiger partial charge in [-0.3, -0.25) is 14.5 Å². The van der Waals surface area contributed by atoms with E-state index in [1.54, 1.807) is 49.7 Å². The number of nitrogens with zero attached hydrogens (tertiary/aromatic N) is 5. The van der Waals surface area contributed by atoms with Gasteiger partial charge in [-0.1, -0.05) is 0 Å². The zero-order valence-corrected chi connectivity index (χ0v) is 24.5. The van der Waals surface area contributed by atoms with E-state index in [4.69, 9.17) is 9.47 Å². The first kappa shape index (κ1) is 29.5. The summed E-state index contributed by atoms with van der Waals surface area (Å²) >= 11 is 0. The number of carbonyl (C=O) groups excluding carboxylic acids is 2. The minimum absolute atomic E-state index is 0.0688. The molecule has 5 rings (SSSR count). The molecule has 4 heterocycles. The van der Waals surface area contributed by atoms with E-state index in [1.807, 2.05) is 0 Å². The summed E-state index contributed by atoms with van der Waals surface area (Å²) in [6.45, 7) is 6.45. The Balaban J connectivity index is 1.52. The Bertz CT molecular complexity index is 1500. The molecule has 1 saturated carbocycles. The Morgan fingerprint density at radius 3 is 2.74 bits per heavy atom. The number of anilines is 3. The summed E-state index contributed by atoms with van der Waals surface area (Å²) in [5.74, 6) is 0.130. The lowest BCUT2D eigenvalue weighted by atomic mass is 9.93. The largest absolute Gasteiger partial charge is 0.443 e. The molecule has 0 aromatic carbocycles. The molecule has 2 aliphatic rings. The van der Waals surface area contributed by atoms with Gasteiger partial charge in [-0.2, -0.15) is 9.61 Å². The molecule has 1 unspecified atom stereocenters. The van der Waals surface area contributed by atoms with Gasteiger partial charge in [0.25, 0.3) is 11.5 Å². The van der Waals surface area contributed by atoms with Crippen LogP contribution in [-0.4, -0.2) is 74.3 Å². The van der Waals surface area contributed by atoms with Crippen molar-refractivity contribution in [3.8, 4) is 0 Å². The molecule has 2 fully saturated rings. The second kappa shape index (κ2) is 12.1. The van der Waals surface area contributed by atoms with E-state index in [0.717, 1.165) is 32.1 Å². The third-order valence-electron chi connectivity index (χ3n) is 7.46. The standard InChI is InChI=1S/C29H39N7O6/c1-29(2,3)42-28(40)34(4)24-15-23(32-22-11-6-12-35(27(22)39)19-9-7-13-41-17-19)33-25-21(16-30-36(24)25)26(38)31-18-8-5-10-20(37)14-18/h6,11-12,15-16,18-20,37H,5,7-10,13-14,17H2,1-4H3,(H,31,38)(H,32,33)/t18?,19-,20-/m1/s1. The Morgan fingerprint density at radius 2 is 2.02 bits per heavy atom. The number of hydrogen-bond donors (Lipinski definition) is 3. The van der Waals surface area contributed by atoms with Gasteiger partial charge in [0.05, 0.1) is 24.9 Å². The second-order valence-corrected chi connectivity index (χ2v) is 12.0. The number of carbonyl (C=O) groups is 2. The highest BCUT2D eigenvalue weighted by Crippen LogP contribution is 2.26. The molecule has 2 amide bonds. The Kier molecular flexibility index (Phi) is 8.50. The number of aliphatic hydroxyl groups is 1. The Morgan fingerprint density at radius 1 is 1.21 bits per heavy atom. The van der Waals surface area contributed by atoms with Crippen LogP contribution in [0, 0.1) is 0 Å². The Labute approximate surface area is 243 Å². The van der Waals surface area contributed by atoms with E-state index in [-0.39, 0.29) is 52.1 Å². The van der Waals surface area contributed by atoms with Crippen molar-refractivity contribution in [2.75, 3.05) is 30.5 Å². The average molecular weight is 582 g/mol. The summed E-state index contributed by atoms with van der Waals surface area (Å²) in [4.78, 5) is 45.7. The molecule has 226 valence electrons. The number of pyridine rings is 1. The highest BCUT2D eigenvalue weighted by molar-refractivity contribution is 6.00. The van der Waals surface area contributed by atoms with Crippen LogP contribution in [0.3, 0.4) is 0 Å². The van der Waals surface area contributed by atoms with Crippen LogP contribution < -0.4 is 21.1 Å². The van der Waals surface area contributed by atoms with Crippen molar-refractivity contribution >= 4 is 35.0 Å². The summed E-state index contributed by atoms with van der Waals surface area (Å²) in [6.07, 6.45) is 6.55. The van der Waals surface area contributed by atoms with Crippen LogP contribution in [-0.2, 0) is 9.47 Å². The van der Waals surface area contributed by atoms with Gasteiger partial charge in [0.2, 0.25) is 0 Å². The van der Waals surface area contributed by atoms with Crippen molar-refractivity contribution < 1.29 is 24.2 Å². The van der Waals surface area contributed by atoms with Crippen molar-refractivity contribution in [3.63, 3.8) is 0 Å². The van der Waals surface area contributed by atoms with Gasteiger partial charge >= 0.3 is 6.09 Å². The van der Waals surface area contributed by atoms with Gasteiger partial charge in [-0.15, -0.1) is 0 Å². The first-order valence-electron chi connectivity index (χ1n) is 14.4. The van der Waals surface area contributed by atoms with E-state index >= 15 is 0 Å². The zero-order valence-electron chi connectivity index (χ0n) is 24.5. The van der Waals surface area contributed by atoms with Gasteiger partial charge in [0.15, 0.2) is 5.65 Å². The van der Waals surface area contributed by atoms with E-state index in [2.05, 4.69) is 20.7 Å². The smallest absolute Gasteiger partial charge is 0.415 e. The number of hydrogen-bond acceptors (Lipinski definition) is 9. The Hall–Kier alpha value is -3.97. The molecule has 3 aromatic heterocycles. The number of aliphatic hydroxyl groups excluding tert-OH is 1. The predicted molar refractivity (Wildman–Crippen MR) is 156 cm³/mol. The molecule has 3 atom stereocenters. The van der Waals surface area contributed by atoms with Crippen LogP contribution >= 0.6 is 0 Å². The molecule has 3 N–H and O–H groups in total. The summed E-state index contributed by atoms with van der Waals surface area (Å²) in [5, 5.41) is 20.5. The van der Waals surface area contributed by atoms with Gasteiger partial charge in [0, 0.05) is 32.0 Å². The summed E-state index contributed by atoms with van der Waals surface area (Å²) < 4.78 is 14.2. The highest BCUT2D eigenvalue weighted by Gasteiger charge is 2.27. The van der Waals surface area contributed by atoms with Crippen LogP contribution in [0.4, 0.5) is 22.1 Å². The predicted octanol–water partition coefficient (Wildman–Crippen LogP) is 3.39. The lowest BCUT2D eigenvalue weighted by Crippen LogP contribution is -2.39. The molecule has 1 aliphatic heterocycles. The summed E-state index contributed by atoms with van der Waals surface area (Å²) in [6, 6.07) is 4.77. The van der Waals surface area contributed by atoms with Crippen LogP contribution in [0.2, 0.25) is 0 Å². The van der Waals surface area contributed by atoms with E-state index in [9.17, 15) is 19.5 Å². The number of nitrogens with one attached hydrogen (secondary N) is 2. The molecule has 0 spiro atoms. The van der Waals surface area contributed by atoms with E-state index in [1.165, 1.54) is 22.7 Å². The molecule has 1 saturated heterocycles. The van der Waals surface area contributed by atoms with Gasteiger partial charge in [0.1, 0.15) is 28.5 Å². The highest BCUT2D eigenvalue weighted by atomic mass is 16.6. The summed E-state index contributed by atoms with van der Waals surface area (Å²) in [5.41, 5.74) is -0.305. The number of ether oxygens (including phenoxy) is 2. The lowest BCUT2D eigenvalue weighted by Gasteiger charge is -2.26. The number of fused-ring (bicyclic) bond motifs is 1. The molecule has 42 heavy (non-hydrogen) atoms. The topological polar surface area (TPSA) is 152 Å². The first-order valence-corrected chi connectivity index (χ1v) is 14.4. The summed E-state index contributed by atoms with van der Waals surface area (Å²) in [7, 11) is 1.54. The van der Waals surface area contributed by atoms with Gasteiger partial charge in [-0.25, -0.2) is 9.78 Å². The van der Waals surface area contributed by atoms with Gasteiger partial charge in [-0.05, 0) is 71.4 Å². The lowest BCUT2D eigenvalue weighted by molar-refractivity contribution is 0.0580. The van der Waals surface area contributed by atoms with Crippen LogP contribution in [0.1, 0.15) is 75.7 Å². The quantitative estimate of drug-likeness (QED) is 0.398. The van der Waals surface area contributed by atoms with Gasteiger partial charge < -0.3 is 29.8 Å². The molecule has 0 radical (unpaired) electrons. The van der Waals surface area contributed by atoms with Crippen molar-refractivity contribution in [1.82, 2.24) is 24.5 Å². The fourth-order valence-electron chi connectivity index (χ4n) is 5.37. The van der Waals surface area contributed by atoms with E-state index in [0.29, 0.717) is 19.6 Å². The fourth-order valence-corrected chi connectivity index (χ4v) is 5.37.